The van der Waals surface area contributed by atoms with Gasteiger partial charge >= 0.3 is 5.97 Å². The van der Waals surface area contributed by atoms with Gasteiger partial charge in [0.05, 0.1) is 11.2 Å². The molecule has 0 bridgehead atoms. The van der Waals surface area contributed by atoms with Gasteiger partial charge in [-0.2, -0.15) is 0 Å². The van der Waals surface area contributed by atoms with Gasteiger partial charge < -0.3 is 15.2 Å². The van der Waals surface area contributed by atoms with Crippen LogP contribution >= 0.6 is 0 Å². The van der Waals surface area contributed by atoms with Crippen LogP contribution in [-0.2, 0) is 14.3 Å². The van der Waals surface area contributed by atoms with Gasteiger partial charge in [-0.3, -0.25) is 9.78 Å². The molecule has 0 aliphatic carbocycles. The maximum absolute atomic E-state index is 12.2. The Balaban J connectivity index is 1.77. The number of ether oxygens (including phenoxy) is 1. The fraction of sp³-hybridized carbons (Fsp3) is 0.267. The van der Waals surface area contributed by atoms with Crippen molar-refractivity contribution in [1.29, 1.82) is 0 Å². The number of benzene rings is 1. The first-order chi connectivity index (χ1) is 10.1. The summed E-state index contributed by atoms with van der Waals surface area (Å²) in [5.74, 6) is -1.37. The second kappa shape index (κ2) is 5.49. The van der Waals surface area contributed by atoms with Crippen molar-refractivity contribution >= 4 is 28.5 Å². The number of para-hydroxylation sites is 1. The number of nitrogens with zero attached hydrogens (tertiary/aromatic N) is 1. The predicted molar refractivity (Wildman–Crippen MR) is 75.9 cm³/mol. The van der Waals surface area contributed by atoms with Crippen molar-refractivity contribution in [2.24, 2.45) is 0 Å². The number of carboxylic acid groups (broad SMARTS) is 1. The van der Waals surface area contributed by atoms with Crippen molar-refractivity contribution < 1.29 is 19.4 Å². The van der Waals surface area contributed by atoms with Crippen molar-refractivity contribution in [1.82, 2.24) is 4.98 Å². The van der Waals surface area contributed by atoms with E-state index in [1.165, 1.54) is 0 Å². The molecule has 2 heterocycles. The molecule has 2 atom stereocenters. The molecule has 0 spiro atoms. The van der Waals surface area contributed by atoms with Gasteiger partial charge in [0.25, 0.3) is 5.91 Å². The van der Waals surface area contributed by atoms with E-state index in [-0.39, 0.29) is 5.91 Å². The molecule has 1 aliphatic rings. The van der Waals surface area contributed by atoms with Crippen LogP contribution in [0.3, 0.4) is 0 Å². The zero-order chi connectivity index (χ0) is 14.8. The maximum Gasteiger partial charge on any atom is 0.332 e. The van der Waals surface area contributed by atoms with E-state index < -0.39 is 18.2 Å². The van der Waals surface area contributed by atoms with Crippen molar-refractivity contribution in [3.63, 3.8) is 0 Å². The first-order valence-electron chi connectivity index (χ1n) is 6.68. The zero-order valence-electron chi connectivity index (χ0n) is 11.2. The summed E-state index contributed by atoms with van der Waals surface area (Å²) in [6.07, 6.45) is 0.781. The molecule has 1 aromatic heterocycles. The molecule has 6 nitrogen and oxygen atoms in total. The molecule has 6 heteroatoms. The lowest BCUT2D eigenvalue weighted by Gasteiger charge is -2.12. The standard InChI is InChI=1S/C15H14N2O4/c18-14(11-6-7-12(21-11)15(19)20)17-10-5-1-3-9-4-2-8-16-13(9)10/h1-5,8,11-12H,6-7H2,(H,17,18)(H,19,20)/t11-,12+/m0/s1. The maximum atomic E-state index is 12.2. The number of hydrogen-bond donors (Lipinski definition) is 2. The lowest BCUT2D eigenvalue weighted by Crippen LogP contribution is -2.30. The molecule has 1 saturated heterocycles. The largest absolute Gasteiger partial charge is 0.479 e. The molecular weight excluding hydrogens is 272 g/mol. The quantitative estimate of drug-likeness (QED) is 0.898. The minimum atomic E-state index is -1.03. The smallest absolute Gasteiger partial charge is 0.332 e. The van der Waals surface area contributed by atoms with Gasteiger partial charge in [0.1, 0.15) is 6.10 Å². The number of aromatic nitrogens is 1. The van der Waals surface area contributed by atoms with Gasteiger partial charge in [-0.1, -0.05) is 18.2 Å². The minimum Gasteiger partial charge on any atom is -0.479 e. The van der Waals surface area contributed by atoms with Crippen molar-refractivity contribution in [2.45, 2.75) is 25.0 Å². The summed E-state index contributed by atoms with van der Waals surface area (Å²) in [4.78, 5) is 27.3. The van der Waals surface area contributed by atoms with Gasteiger partial charge in [0.15, 0.2) is 6.10 Å². The van der Waals surface area contributed by atoms with E-state index in [1.54, 1.807) is 12.3 Å². The SMILES string of the molecule is O=C(Nc1cccc2cccnc12)[C@@H]1CC[C@H](C(=O)O)O1. The Hall–Kier alpha value is -2.47. The molecule has 21 heavy (non-hydrogen) atoms. The highest BCUT2D eigenvalue weighted by molar-refractivity contribution is 6.02. The number of carbonyl (C=O) groups is 2. The minimum absolute atomic E-state index is 0.336. The average Bonchev–Trinajstić information content (AvgIpc) is 2.98. The van der Waals surface area contributed by atoms with Gasteiger partial charge in [-0.05, 0) is 25.0 Å². The van der Waals surface area contributed by atoms with Crippen LogP contribution in [0.5, 0.6) is 0 Å². The summed E-state index contributed by atoms with van der Waals surface area (Å²) in [7, 11) is 0. The summed E-state index contributed by atoms with van der Waals surface area (Å²) in [6.45, 7) is 0. The number of carboxylic acids is 1. The van der Waals surface area contributed by atoms with Crippen LogP contribution in [0.2, 0.25) is 0 Å². The third-order valence-corrected chi connectivity index (χ3v) is 3.48. The Bertz CT molecular complexity index is 696. The summed E-state index contributed by atoms with van der Waals surface area (Å²) < 4.78 is 5.24. The van der Waals surface area contributed by atoms with E-state index in [0.29, 0.717) is 24.0 Å². The monoisotopic (exact) mass is 286 g/mol. The number of aliphatic carboxylic acids is 1. The third kappa shape index (κ3) is 2.71. The lowest BCUT2D eigenvalue weighted by molar-refractivity contribution is -0.150. The average molecular weight is 286 g/mol. The molecule has 2 N–H and O–H groups in total. The zero-order valence-corrected chi connectivity index (χ0v) is 11.2. The number of rotatable bonds is 3. The van der Waals surface area contributed by atoms with Crippen molar-refractivity contribution in [3.8, 4) is 0 Å². The topological polar surface area (TPSA) is 88.5 Å². The molecule has 1 amide bonds. The van der Waals surface area contributed by atoms with Crippen LogP contribution in [0.4, 0.5) is 5.69 Å². The van der Waals surface area contributed by atoms with E-state index in [2.05, 4.69) is 10.3 Å². The van der Waals surface area contributed by atoms with E-state index in [9.17, 15) is 9.59 Å². The van der Waals surface area contributed by atoms with Crippen LogP contribution in [-0.4, -0.2) is 34.2 Å². The Morgan fingerprint density at radius 2 is 1.95 bits per heavy atom. The summed E-state index contributed by atoms with van der Waals surface area (Å²) in [6, 6.07) is 9.23. The number of hydrogen-bond acceptors (Lipinski definition) is 4. The van der Waals surface area contributed by atoms with Gasteiger partial charge in [0, 0.05) is 11.6 Å². The normalized spacial score (nSPS) is 21.3. The molecule has 2 aromatic rings. The molecule has 108 valence electrons. The van der Waals surface area contributed by atoms with Crippen molar-refractivity contribution in [3.05, 3.63) is 36.5 Å². The second-order valence-corrected chi connectivity index (χ2v) is 4.90. The number of anilines is 1. The molecule has 0 unspecified atom stereocenters. The predicted octanol–water partition coefficient (Wildman–Crippen LogP) is 1.81. The molecule has 0 radical (unpaired) electrons. The lowest BCUT2D eigenvalue weighted by atomic mass is 10.1. The highest BCUT2D eigenvalue weighted by Crippen LogP contribution is 2.24. The highest BCUT2D eigenvalue weighted by Gasteiger charge is 2.34. The molecule has 1 aliphatic heterocycles. The van der Waals surface area contributed by atoms with Gasteiger partial charge in [0.2, 0.25) is 0 Å². The van der Waals surface area contributed by atoms with Gasteiger partial charge in [-0.15, -0.1) is 0 Å². The molecular formula is C15H14N2O4. The van der Waals surface area contributed by atoms with E-state index in [1.807, 2.05) is 24.3 Å². The summed E-state index contributed by atoms with van der Waals surface area (Å²) in [5.41, 5.74) is 1.29. The van der Waals surface area contributed by atoms with Crippen LogP contribution in [0.25, 0.3) is 10.9 Å². The van der Waals surface area contributed by atoms with E-state index >= 15 is 0 Å². The van der Waals surface area contributed by atoms with Crippen LogP contribution in [0, 0.1) is 0 Å². The number of pyridine rings is 1. The number of fused-ring (bicyclic) bond motifs is 1. The Morgan fingerprint density at radius 1 is 1.19 bits per heavy atom. The first-order valence-corrected chi connectivity index (χ1v) is 6.68. The molecule has 3 rings (SSSR count). The van der Waals surface area contributed by atoms with E-state index in [4.69, 9.17) is 9.84 Å². The fourth-order valence-corrected chi connectivity index (χ4v) is 2.43. The molecule has 1 aromatic carbocycles. The van der Waals surface area contributed by atoms with Crippen molar-refractivity contribution in [2.75, 3.05) is 5.32 Å². The summed E-state index contributed by atoms with van der Waals surface area (Å²) in [5, 5.41) is 12.6. The highest BCUT2D eigenvalue weighted by atomic mass is 16.5. The fourth-order valence-electron chi connectivity index (χ4n) is 2.43. The van der Waals surface area contributed by atoms with Crippen LogP contribution in [0.15, 0.2) is 36.5 Å². The number of carbonyl (C=O) groups excluding carboxylic acids is 1. The Kier molecular flexibility index (Phi) is 3.53. The van der Waals surface area contributed by atoms with Crippen LogP contribution < -0.4 is 5.32 Å². The Labute approximate surface area is 120 Å². The van der Waals surface area contributed by atoms with Crippen LogP contribution in [0.1, 0.15) is 12.8 Å². The number of amides is 1. The summed E-state index contributed by atoms with van der Waals surface area (Å²) >= 11 is 0. The number of nitrogens with one attached hydrogen (secondary N) is 1. The third-order valence-electron chi connectivity index (χ3n) is 3.48. The Morgan fingerprint density at radius 3 is 2.71 bits per heavy atom. The second-order valence-electron chi connectivity index (χ2n) is 4.90. The van der Waals surface area contributed by atoms with E-state index in [0.717, 1.165) is 5.39 Å². The first kappa shape index (κ1) is 13.5. The van der Waals surface area contributed by atoms with Gasteiger partial charge in [-0.25, -0.2) is 4.79 Å². The molecule has 1 fully saturated rings. The molecule has 0 saturated carbocycles.